The van der Waals surface area contributed by atoms with E-state index in [1.165, 1.54) is 20.1 Å². The Hall–Kier alpha value is -2.73. The van der Waals surface area contributed by atoms with Gasteiger partial charge < -0.3 is 4.90 Å². The number of thioether (sulfide) groups is 1. The number of aliphatic imine (C=N–C) groups is 2. The second-order valence-corrected chi connectivity index (χ2v) is 12.6. The summed E-state index contributed by atoms with van der Waals surface area (Å²) in [6, 6.07) is 0.409. The fourth-order valence-corrected chi connectivity index (χ4v) is 7.21. The minimum atomic E-state index is -5.11. The summed E-state index contributed by atoms with van der Waals surface area (Å²) in [4.78, 5) is 22.1. The zero-order valence-corrected chi connectivity index (χ0v) is 25.0. The third kappa shape index (κ3) is 6.84. The van der Waals surface area contributed by atoms with E-state index in [9.17, 15) is 43.9 Å². The fraction of sp³-hybridized carbons (Fsp3) is 0.560. The molecule has 1 unspecified atom stereocenters. The highest BCUT2D eigenvalue weighted by Gasteiger charge is 2.69. The van der Waals surface area contributed by atoms with Crippen LogP contribution in [0.1, 0.15) is 27.2 Å². The molecular weight excluding hydrogens is 634 g/mol. The summed E-state index contributed by atoms with van der Waals surface area (Å²) < 4.78 is 138. The van der Waals surface area contributed by atoms with Crippen LogP contribution in [0.5, 0.6) is 0 Å². The van der Waals surface area contributed by atoms with E-state index in [-0.39, 0.29) is 18.6 Å². The van der Waals surface area contributed by atoms with Gasteiger partial charge in [0.1, 0.15) is 18.0 Å². The first-order valence-corrected chi connectivity index (χ1v) is 15.5. The van der Waals surface area contributed by atoms with Crippen LogP contribution < -0.4 is 0 Å². The van der Waals surface area contributed by atoms with Gasteiger partial charge in [-0.1, -0.05) is 6.58 Å². The van der Waals surface area contributed by atoms with Gasteiger partial charge in [0.15, 0.2) is 11.8 Å². The first-order chi connectivity index (χ1) is 19.7. The average Bonchev–Trinajstić information content (AvgIpc) is 3.36. The largest absolute Gasteiger partial charge is 0.449 e. The van der Waals surface area contributed by atoms with Crippen molar-refractivity contribution >= 4 is 39.7 Å². The second kappa shape index (κ2) is 12.3. The van der Waals surface area contributed by atoms with Gasteiger partial charge in [0.2, 0.25) is 21.8 Å². The van der Waals surface area contributed by atoms with Crippen molar-refractivity contribution in [2.45, 2.75) is 74.5 Å². The topological polar surface area (TPSA) is 85.4 Å². The van der Waals surface area contributed by atoms with Gasteiger partial charge in [0, 0.05) is 19.2 Å². The van der Waals surface area contributed by atoms with Gasteiger partial charge in [0.05, 0.1) is 22.4 Å². The molecule has 0 saturated carbocycles. The number of hydrogen-bond donors (Lipinski definition) is 0. The number of sulfonamides is 1. The Bertz CT molecular complexity index is 1380. The number of carbonyl (C=O) groups excluding carboxylic acids is 1. The third-order valence-corrected chi connectivity index (χ3v) is 9.54. The van der Waals surface area contributed by atoms with Gasteiger partial charge in [-0.05, 0) is 51.3 Å². The Kier molecular flexibility index (Phi) is 9.97. The molecule has 1 aromatic rings. The second-order valence-electron chi connectivity index (χ2n) is 9.94. The first kappa shape index (κ1) is 34.8. The maximum absolute atomic E-state index is 15.0. The summed E-state index contributed by atoms with van der Waals surface area (Å²) >= 11 is 0.942. The maximum atomic E-state index is 15.0. The van der Waals surface area contributed by atoms with Crippen LogP contribution in [0, 0.1) is 5.82 Å². The van der Waals surface area contributed by atoms with Crippen LogP contribution in [0.3, 0.4) is 0 Å². The molecule has 18 heteroatoms. The van der Waals surface area contributed by atoms with Gasteiger partial charge in [-0.3, -0.25) is 19.7 Å². The molecule has 2 aliphatic heterocycles. The molecular formula is C25H29F8N5O3S2. The summed E-state index contributed by atoms with van der Waals surface area (Å²) in [5.74, 6) is -3.75. The summed E-state index contributed by atoms with van der Waals surface area (Å²) in [5, 5.41) is 0. The molecule has 8 nitrogen and oxygen atoms in total. The number of benzene rings is 1. The zero-order chi connectivity index (χ0) is 32.7. The first-order valence-electron chi connectivity index (χ1n) is 12.7. The summed E-state index contributed by atoms with van der Waals surface area (Å²) in [7, 11) is -4.62. The third-order valence-electron chi connectivity index (χ3n) is 6.99. The average molecular weight is 664 g/mol. The van der Waals surface area contributed by atoms with Crippen LogP contribution in [0.15, 0.2) is 51.3 Å². The Morgan fingerprint density at radius 1 is 1.19 bits per heavy atom. The van der Waals surface area contributed by atoms with Gasteiger partial charge in [-0.15, -0.1) is 11.8 Å². The molecule has 1 aromatic carbocycles. The molecule has 2 saturated heterocycles. The molecule has 2 heterocycles. The number of nitrogens with zero attached hydrogens (tertiary/aromatic N) is 5. The minimum Gasteiger partial charge on any atom is -0.307 e. The summed E-state index contributed by atoms with van der Waals surface area (Å²) in [6.07, 6.45) is -12.5. The molecule has 2 fully saturated rings. The highest BCUT2D eigenvalue weighted by molar-refractivity contribution is 7.98. The maximum Gasteiger partial charge on any atom is 0.449 e. The zero-order valence-electron chi connectivity index (χ0n) is 23.3. The lowest BCUT2D eigenvalue weighted by molar-refractivity contribution is -0.135. The highest BCUT2D eigenvalue weighted by atomic mass is 32.2. The Labute approximate surface area is 247 Å². The number of allylic oxidation sites excluding steroid dienone is 1. The van der Waals surface area contributed by atoms with Crippen molar-refractivity contribution in [2.75, 3.05) is 18.7 Å². The van der Waals surface area contributed by atoms with E-state index >= 15 is 4.39 Å². The van der Waals surface area contributed by atoms with Gasteiger partial charge in [0.25, 0.3) is 0 Å². The molecule has 240 valence electrons. The van der Waals surface area contributed by atoms with Crippen LogP contribution in [0.25, 0.3) is 0 Å². The predicted molar refractivity (Wildman–Crippen MR) is 145 cm³/mol. The number of rotatable bonds is 9. The van der Waals surface area contributed by atoms with Gasteiger partial charge >= 0.3 is 12.4 Å². The SMILES string of the molecule is C=C(C=N[C@@]1(C)C(N(CSC)C(=O)[C@@H]2C[C@@H](F)[C@H](C)N2S(=O)(=O)c2ccc(F)cc2)N1C(=NCC)C(F)(F)F)C(F)(F)F. The van der Waals surface area contributed by atoms with Crippen molar-refractivity contribution in [2.24, 2.45) is 9.98 Å². The van der Waals surface area contributed by atoms with Crippen molar-refractivity contribution in [3.05, 3.63) is 42.2 Å². The molecule has 0 radical (unpaired) electrons. The van der Waals surface area contributed by atoms with E-state index < -0.39 is 86.9 Å². The van der Waals surface area contributed by atoms with Crippen molar-refractivity contribution in [3.63, 3.8) is 0 Å². The van der Waals surface area contributed by atoms with Crippen LogP contribution in [-0.4, -0.2) is 102 Å². The minimum absolute atomic E-state index is 0.245. The van der Waals surface area contributed by atoms with E-state index in [4.69, 9.17) is 0 Å². The van der Waals surface area contributed by atoms with E-state index in [1.54, 1.807) is 0 Å². The van der Waals surface area contributed by atoms with Crippen molar-refractivity contribution in [3.8, 4) is 0 Å². The molecule has 3 rings (SSSR count). The Balaban J connectivity index is 2.11. The molecule has 2 aliphatic rings. The van der Waals surface area contributed by atoms with Crippen molar-refractivity contribution in [1.29, 1.82) is 0 Å². The fourth-order valence-electron chi connectivity index (χ4n) is 4.86. The van der Waals surface area contributed by atoms with E-state index in [2.05, 4.69) is 16.6 Å². The monoisotopic (exact) mass is 663 g/mol. The quantitative estimate of drug-likeness (QED) is 0.122. The lowest BCUT2D eigenvalue weighted by atomic mass is 10.1. The smallest absolute Gasteiger partial charge is 0.307 e. The molecule has 0 aromatic heterocycles. The van der Waals surface area contributed by atoms with Gasteiger partial charge in [-0.25, -0.2) is 17.2 Å². The van der Waals surface area contributed by atoms with Gasteiger partial charge in [-0.2, -0.15) is 30.6 Å². The normalized spacial score (nSPS) is 27.2. The van der Waals surface area contributed by atoms with E-state index in [0.717, 1.165) is 47.9 Å². The highest BCUT2D eigenvalue weighted by Crippen LogP contribution is 2.49. The number of amidine groups is 1. The summed E-state index contributed by atoms with van der Waals surface area (Å²) in [6.45, 7) is 6.01. The summed E-state index contributed by atoms with van der Waals surface area (Å²) in [5.41, 5.74) is -3.60. The van der Waals surface area contributed by atoms with Crippen molar-refractivity contribution in [1.82, 2.24) is 14.1 Å². The number of amides is 1. The van der Waals surface area contributed by atoms with Crippen LogP contribution in [0.2, 0.25) is 0 Å². The van der Waals surface area contributed by atoms with E-state index in [0.29, 0.717) is 9.21 Å². The standard InChI is InChI=1S/C25H29F8N5O3S2/c1-6-34-21(25(31,32)33)37-22(23(37,4)35-12-14(2)24(28,29)30)36(13-42-5)20(39)19-11-18(27)15(3)38(19)43(40,41)17-9-7-16(26)8-10-17/h7-10,12,15,18-19,22H,2,6,11,13H2,1,3-5H3/t15-,18+,19-,22?,23+,37?/m0/s1. The molecule has 0 N–H and O–H groups in total. The lowest BCUT2D eigenvalue weighted by Crippen LogP contribution is -2.51. The lowest BCUT2D eigenvalue weighted by Gasteiger charge is -2.31. The molecule has 0 bridgehead atoms. The number of halogens is 8. The molecule has 43 heavy (non-hydrogen) atoms. The van der Waals surface area contributed by atoms with Crippen molar-refractivity contribution < 1.29 is 48.3 Å². The molecule has 0 spiro atoms. The predicted octanol–water partition coefficient (Wildman–Crippen LogP) is 4.99. The molecule has 1 amide bonds. The Morgan fingerprint density at radius 3 is 2.26 bits per heavy atom. The Morgan fingerprint density at radius 2 is 1.77 bits per heavy atom. The van der Waals surface area contributed by atoms with Crippen LogP contribution >= 0.6 is 11.8 Å². The van der Waals surface area contributed by atoms with E-state index in [1.807, 2.05) is 0 Å². The number of hydrogen-bond acceptors (Lipinski definition) is 6. The number of carbonyl (C=O) groups is 1. The van der Waals surface area contributed by atoms with Crippen LogP contribution in [-0.2, 0) is 14.8 Å². The molecule has 5 atom stereocenters. The number of alkyl halides is 7. The molecule has 0 aliphatic carbocycles. The van der Waals surface area contributed by atoms with Crippen LogP contribution in [0.4, 0.5) is 35.1 Å².